The fraction of sp³-hybridized carbons (Fsp3) is 0.130. The summed E-state index contributed by atoms with van der Waals surface area (Å²) in [4.78, 5) is 4.77. The molecule has 3 aromatic heterocycles. The molecular weight excluding hydrogens is 460 g/mol. The van der Waals surface area contributed by atoms with E-state index in [-0.39, 0.29) is 0 Å². The Hall–Kier alpha value is -2.94. The van der Waals surface area contributed by atoms with Crippen LogP contribution < -0.4 is 0 Å². The molecule has 0 aliphatic rings. The molecule has 0 spiro atoms. The van der Waals surface area contributed by atoms with Crippen LogP contribution in [0.25, 0.3) is 22.0 Å². The van der Waals surface area contributed by atoms with Crippen LogP contribution in [0, 0.1) is 0 Å². The van der Waals surface area contributed by atoms with Gasteiger partial charge in [-0.2, -0.15) is 5.10 Å². The minimum absolute atomic E-state index is 0.659. The molecule has 0 amide bonds. The summed E-state index contributed by atoms with van der Waals surface area (Å²) < 4.78 is 3.91. The summed E-state index contributed by atoms with van der Waals surface area (Å²) in [6.45, 7) is 0.661. The summed E-state index contributed by atoms with van der Waals surface area (Å²) in [6, 6.07) is 18.0. The van der Waals surface area contributed by atoms with Crippen LogP contribution >= 0.6 is 34.7 Å². The normalized spacial score (nSPS) is 11.2. The molecule has 0 aliphatic carbocycles. The lowest BCUT2D eigenvalue weighted by Gasteiger charge is -2.11. The standard InChI is InChI=1S/C23H19ClN6S2/c1-29-13-17(11-25-29)22-26-18(14-31-22)15-32-23-28-27-21(19-9-5-6-10-20(19)24)30(23)12-16-7-3-2-4-8-16/h2-11,13-14H,12,15H2,1H3. The maximum absolute atomic E-state index is 6.48. The fourth-order valence-corrected chi connectivity index (χ4v) is 5.27. The van der Waals surface area contributed by atoms with E-state index in [1.807, 2.05) is 61.9 Å². The Morgan fingerprint density at radius 3 is 2.62 bits per heavy atom. The third-order valence-corrected chi connectivity index (χ3v) is 7.14. The van der Waals surface area contributed by atoms with Crippen LogP contribution in [0.5, 0.6) is 0 Å². The van der Waals surface area contributed by atoms with E-state index in [0.29, 0.717) is 17.3 Å². The molecule has 0 bridgehead atoms. The Labute approximate surface area is 198 Å². The van der Waals surface area contributed by atoms with E-state index in [4.69, 9.17) is 16.6 Å². The molecule has 0 radical (unpaired) electrons. The van der Waals surface area contributed by atoms with E-state index in [0.717, 1.165) is 32.8 Å². The topological polar surface area (TPSA) is 61.4 Å². The first kappa shape index (κ1) is 20.9. The van der Waals surface area contributed by atoms with Crippen molar-refractivity contribution in [2.45, 2.75) is 17.5 Å². The molecule has 3 heterocycles. The van der Waals surface area contributed by atoms with E-state index in [9.17, 15) is 0 Å². The Bertz CT molecular complexity index is 1340. The predicted octanol–water partition coefficient (Wildman–Crippen LogP) is 5.80. The summed E-state index contributed by atoms with van der Waals surface area (Å²) in [5.74, 6) is 1.46. The Morgan fingerprint density at radius 1 is 1.03 bits per heavy atom. The van der Waals surface area contributed by atoms with Gasteiger partial charge in [0.2, 0.25) is 0 Å². The van der Waals surface area contributed by atoms with Gasteiger partial charge >= 0.3 is 0 Å². The summed E-state index contributed by atoms with van der Waals surface area (Å²) in [5.41, 5.74) is 4.08. The number of hydrogen-bond acceptors (Lipinski definition) is 6. The van der Waals surface area contributed by atoms with Gasteiger partial charge in [0.1, 0.15) is 5.01 Å². The number of halogens is 1. The number of aryl methyl sites for hydroxylation is 1. The highest BCUT2D eigenvalue weighted by Gasteiger charge is 2.17. The molecule has 0 aliphatic heterocycles. The molecule has 6 nitrogen and oxygen atoms in total. The van der Waals surface area contributed by atoms with Crippen molar-refractivity contribution in [3.05, 3.63) is 88.7 Å². The third-order valence-electron chi connectivity index (χ3n) is 4.87. The fourth-order valence-electron chi connectivity index (χ4n) is 3.32. The maximum atomic E-state index is 6.48. The zero-order chi connectivity index (χ0) is 21.9. The van der Waals surface area contributed by atoms with E-state index in [1.54, 1.807) is 27.8 Å². The number of thiazole rings is 1. The molecule has 0 saturated heterocycles. The smallest absolute Gasteiger partial charge is 0.192 e. The van der Waals surface area contributed by atoms with Crippen molar-refractivity contribution in [1.29, 1.82) is 0 Å². The summed E-state index contributed by atoms with van der Waals surface area (Å²) in [5, 5.41) is 17.8. The molecule has 0 saturated carbocycles. The van der Waals surface area contributed by atoms with Gasteiger partial charge in [-0.3, -0.25) is 9.25 Å². The number of hydrogen-bond donors (Lipinski definition) is 0. The van der Waals surface area contributed by atoms with Crippen LogP contribution in [0.15, 0.2) is 77.5 Å². The summed E-state index contributed by atoms with van der Waals surface area (Å²) in [7, 11) is 1.91. The molecule has 0 fully saturated rings. The molecule has 0 unspecified atom stereocenters. The average Bonchev–Trinajstić information content (AvgIpc) is 3.54. The lowest BCUT2D eigenvalue weighted by atomic mass is 10.2. The van der Waals surface area contributed by atoms with Crippen LogP contribution in [0.4, 0.5) is 0 Å². The first-order chi connectivity index (χ1) is 15.7. The average molecular weight is 479 g/mol. The molecule has 5 rings (SSSR count). The lowest BCUT2D eigenvalue weighted by molar-refractivity contribution is 0.714. The van der Waals surface area contributed by atoms with Crippen molar-refractivity contribution in [3.8, 4) is 22.0 Å². The summed E-state index contributed by atoms with van der Waals surface area (Å²) >= 11 is 9.72. The first-order valence-electron chi connectivity index (χ1n) is 9.95. The molecule has 2 aromatic carbocycles. The van der Waals surface area contributed by atoms with E-state index in [1.165, 1.54) is 5.56 Å². The van der Waals surface area contributed by atoms with E-state index in [2.05, 4.69) is 37.4 Å². The number of rotatable bonds is 7. The largest absolute Gasteiger partial charge is 0.297 e. The zero-order valence-electron chi connectivity index (χ0n) is 17.2. The first-order valence-corrected chi connectivity index (χ1v) is 12.2. The molecule has 5 aromatic rings. The SMILES string of the molecule is Cn1cc(-c2nc(CSc3nnc(-c4ccccc4Cl)n3Cc3ccccc3)cs2)cn1. The van der Waals surface area contributed by atoms with Crippen molar-refractivity contribution in [1.82, 2.24) is 29.5 Å². The Balaban J connectivity index is 1.42. The van der Waals surface area contributed by atoms with Gasteiger partial charge < -0.3 is 0 Å². The zero-order valence-corrected chi connectivity index (χ0v) is 19.6. The number of thioether (sulfide) groups is 1. The van der Waals surface area contributed by atoms with Crippen LogP contribution in [-0.2, 0) is 19.3 Å². The van der Waals surface area contributed by atoms with Crippen LogP contribution in [0.1, 0.15) is 11.3 Å². The highest BCUT2D eigenvalue weighted by molar-refractivity contribution is 7.98. The minimum Gasteiger partial charge on any atom is -0.297 e. The highest BCUT2D eigenvalue weighted by Crippen LogP contribution is 2.32. The Morgan fingerprint density at radius 2 is 1.84 bits per heavy atom. The van der Waals surface area contributed by atoms with Crippen molar-refractivity contribution in [2.24, 2.45) is 7.05 Å². The predicted molar refractivity (Wildman–Crippen MR) is 130 cm³/mol. The van der Waals surface area contributed by atoms with Gasteiger partial charge in [0.15, 0.2) is 11.0 Å². The maximum Gasteiger partial charge on any atom is 0.192 e. The van der Waals surface area contributed by atoms with Gasteiger partial charge in [-0.1, -0.05) is 65.8 Å². The van der Waals surface area contributed by atoms with Gasteiger partial charge in [0, 0.05) is 35.5 Å². The van der Waals surface area contributed by atoms with Crippen LogP contribution in [0.2, 0.25) is 5.02 Å². The molecule has 160 valence electrons. The van der Waals surface area contributed by atoms with Gasteiger partial charge in [0.25, 0.3) is 0 Å². The number of aromatic nitrogens is 6. The quantitative estimate of drug-likeness (QED) is 0.277. The van der Waals surface area contributed by atoms with Gasteiger partial charge in [-0.25, -0.2) is 4.98 Å². The van der Waals surface area contributed by atoms with Crippen molar-refractivity contribution in [3.63, 3.8) is 0 Å². The van der Waals surface area contributed by atoms with Crippen molar-refractivity contribution in [2.75, 3.05) is 0 Å². The number of nitrogens with zero attached hydrogens (tertiary/aromatic N) is 6. The van der Waals surface area contributed by atoms with Crippen molar-refractivity contribution >= 4 is 34.7 Å². The van der Waals surface area contributed by atoms with Crippen LogP contribution in [0.3, 0.4) is 0 Å². The monoisotopic (exact) mass is 478 g/mol. The van der Waals surface area contributed by atoms with Gasteiger partial charge in [-0.05, 0) is 17.7 Å². The second-order valence-electron chi connectivity index (χ2n) is 7.19. The Kier molecular flexibility index (Phi) is 6.07. The third kappa shape index (κ3) is 4.48. The molecular formula is C23H19ClN6S2. The van der Waals surface area contributed by atoms with Gasteiger partial charge in [0.05, 0.1) is 23.5 Å². The van der Waals surface area contributed by atoms with Crippen LogP contribution in [-0.4, -0.2) is 29.5 Å². The molecule has 0 atom stereocenters. The van der Waals surface area contributed by atoms with Crippen molar-refractivity contribution < 1.29 is 0 Å². The molecule has 32 heavy (non-hydrogen) atoms. The summed E-state index contributed by atoms with van der Waals surface area (Å²) in [6.07, 6.45) is 3.81. The minimum atomic E-state index is 0.659. The van der Waals surface area contributed by atoms with E-state index < -0.39 is 0 Å². The second-order valence-corrected chi connectivity index (χ2v) is 9.40. The highest BCUT2D eigenvalue weighted by atomic mass is 35.5. The molecule has 9 heteroatoms. The second kappa shape index (κ2) is 9.28. The molecule has 0 N–H and O–H groups in total. The number of benzene rings is 2. The lowest BCUT2D eigenvalue weighted by Crippen LogP contribution is -2.04. The van der Waals surface area contributed by atoms with E-state index >= 15 is 0 Å². The van der Waals surface area contributed by atoms with Gasteiger partial charge in [-0.15, -0.1) is 21.5 Å².